The van der Waals surface area contributed by atoms with Gasteiger partial charge >= 0.3 is 0 Å². The molecule has 0 aliphatic carbocycles. The van der Waals surface area contributed by atoms with Crippen LogP contribution in [0.3, 0.4) is 0 Å². The molecule has 4 aromatic rings. The van der Waals surface area contributed by atoms with Gasteiger partial charge in [0.05, 0.1) is 0 Å². The minimum atomic E-state index is -0.532. The van der Waals surface area contributed by atoms with E-state index < -0.39 is 17.6 Å². The Kier molecular flexibility index (Phi) is 5.77. The van der Waals surface area contributed by atoms with Crippen LogP contribution in [0.1, 0.15) is 32.0 Å². The van der Waals surface area contributed by atoms with Crippen LogP contribution >= 0.6 is 0 Å². The van der Waals surface area contributed by atoms with Crippen LogP contribution in [0.2, 0.25) is 0 Å². The number of fused-ring (bicyclic) bond motifs is 1. The second-order valence-corrected chi connectivity index (χ2v) is 7.40. The highest BCUT2D eigenvalue weighted by molar-refractivity contribution is 6.07. The summed E-state index contributed by atoms with van der Waals surface area (Å²) in [6.07, 6.45) is 0. The molecule has 0 unspecified atom stereocenters. The molecule has 4 rings (SSSR count). The van der Waals surface area contributed by atoms with Gasteiger partial charge < -0.3 is 26.6 Å². The number of hydrogen-bond acceptors (Lipinski definition) is 4. The van der Waals surface area contributed by atoms with Gasteiger partial charge in [0.2, 0.25) is 5.91 Å². The van der Waals surface area contributed by atoms with Gasteiger partial charge in [-0.15, -0.1) is 0 Å². The molecule has 0 atom stereocenters. The third-order valence-corrected chi connectivity index (χ3v) is 5.22. The molecule has 6 N–H and O–H groups in total. The molecule has 0 radical (unpaired) electrons. The third-order valence-electron chi connectivity index (χ3n) is 5.22. The van der Waals surface area contributed by atoms with Crippen molar-refractivity contribution in [3.63, 3.8) is 0 Å². The van der Waals surface area contributed by atoms with Gasteiger partial charge in [-0.1, -0.05) is 29.4 Å². The number of nitrogens with one attached hydrogen (secondary N) is 1. The zero-order valence-corrected chi connectivity index (χ0v) is 17.3. The molecular formula is C24H20FN5O3. The van der Waals surface area contributed by atoms with Gasteiger partial charge in [0.15, 0.2) is 5.84 Å². The molecule has 0 aliphatic rings. The molecule has 0 spiro atoms. The van der Waals surface area contributed by atoms with Crippen molar-refractivity contribution in [2.24, 2.45) is 16.6 Å². The maximum Gasteiger partial charge on any atom is 0.272 e. The van der Waals surface area contributed by atoms with E-state index >= 15 is 0 Å². The summed E-state index contributed by atoms with van der Waals surface area (Å²) in [5.74, 6) is -1.39. The van der Waals surface area contributed by atoms with Crippen molar-refractivity contribution in [3.8, 4) is 0 Å². The van der Waals surface area contributed by atoms with E-state index in [-0.39, 0.29) is 5.84 Å². The first-order chi connectivity index (χ1) is 15.9. The number of primary amides is 1. The minimum absolute atomic E-state index is 0.0622. The van der Waals surface area contributed by atoms with Gasteiger partial charge in [0, 0.05) is 34.3 Å². The highest BCUT2D eigenvalue weighted by Crippen LogP contribution is 2.24. The number of rotatable bonds is 6. The molecule has 0 fully saturated rings. The monoisotopic (exact) mass is 445 g/mol. The predicted molar refractivity (Wildman–Crippen MR) is 123 cm³/mol. The fourth-order valence-corrected chi connectivity index (χ4v) is 3.52. The fraction of sp³-hybridized carbons (Fsp3) is 0.0417. The Bertz CT molecular complexity index is 1380. The third kappa shape index (κ3) is 4.52. The lowest BCUT2D eigenvalue weighted by Gasteiger charge is -2.12. The van der Waals surface area contributed by atoms with Crippen molar-refractivity contribution in [2.75, 3.05) is 5.32 Å². The average molecular weight is 445 g/mol. The standard InChI is InChI=1S/C24H20FN5O3/c25-18-7-9-19(10-8-18)28-24(32)21-11-16-5-6-17(22(26)29-33)12-20(16)30(21)13-14-1-3-15(4-2-14)23(27)31/h1-12,33H,13H2,(H2,26,29)(H2,27,31)(H,28,32). The molecule has 0 aliphatic heterocycles. The van der Waals surface area contributed by atoms with Gasteiger partial charge in [-0.25, -0.2) is 4.39 Å². The van der Waals surface area contributed by atoms with Crippen molar-refractivity contribution < 1.29 is 19.2 Å². The summed E-state index contributed by atoms with van der Waals surface area (Å²) in [5.41, 5.74) is 14.2. The molecule has 166 valence electrons. The molecule has 2 amide bonds. The molecule has 9 heteroatoms. The Morgan fingerprint density at radius 3 is 2.24 bits per heavy atom. The quantitative estimate of drug-likeness (QED) is 0.157. The number of aromatic nitrogens is 1. The van der Waals surface area contributed by atoms with E-state index in [4.69, 9.17) is 16.7 Å². The van der Waals surface area contributed by atoms with E-state index in [1.165, 1.54) is 24.3 Å². The number of carbonyl (C=O) groups is 2. The molecule has 1 aromatic heterocycles. The van der Waals surface area contributed by atoms with Crippen molar-refractivity contribution in [1.82, 2.24) is 4.57 Å². The normalized spacial score (nSPS) is 11.5. The molecule has 8 nitrogen and oxygen atoms in total. The van der Waals surface area contributed by atoms with Crippen LogP contribution < -0.4 is 16.8 Å². The highest BCUT2D eigenvalue weighted by atomic mass is 19.1. The van der Waals surface area contributed by atoms with Gasteiger partial charge in [0.25, 0.3) is 5.91 Å². The maximum atomic E-state index is 13.2. The number of anilines is 1. The summed E-state index contributed by atoms with van der Waals surface area (Å²) in [7, 11) is 0. The molecule has 0 saturated heterocycles. The van der Waals surface area contributed by atoms with E-state index in [0.717, 1.165) is 10.9 Å². The van der Waals surface area contributed by atoms with E-state index in [9.17, 15) is 14.0 Å². The van der Waals surface area contributed by atoms with Crippen LogP contribution in [0.25, 0.3) is 10.9 Å². The number of nitrogens with zero attached hydrogens (tertiary/aromatic N) is 2. The van der Waals surface area contributed by atoms with Gasteiger partial charge in [-0.3, -0.25) is 9.59 Å². The smallest absolute Gasteiger partial charge is 0.272 e. The maximum absolute atomic E-state index is 13.2. The van der Waals surface area contributed by atoms with Gasteiger partial charge in [-0.05, 0) is 54.1 Å². The first-order valence-corrected chi connectivity index (χ1v) is 9.92. The Labute approximate surface area is 187 Å². The van der Waals surface area contributed by atoms with Crippen molar-refractivity contribution in [2.45, 2.75) is 6.54 Å². The first-order valence-electron chi connectivity index (χ1n) is 9.92. The first kappa shape index (κ1) is 21.6. The topological polar surface area (TPSA) is 136 Å². The van der Waals surface area contributed by atoms with Crippen molar-refractivity contribution in [1.29, 1.82) is 0 Å². The predicted octanol–water partition coefficient (Wildman–Crippen LogP) is 3.27. The van der Waals surface area contributed by atoms with E-state index in [2.05, 4.69) is 10.5 Å². The van der Waals surface area contributed by atoms with Crippen LogP contribution in [0.15, 0.2) is 78.0 Å². The molecule has 0 saturated carbocycles. The summed E-state index contributed by atoms with van der Waals surface area (Å²) in [4.78, 5) is 24.5. The van der Waals surface area contributed by atoms with Crippen LogP contribution in [0.4, 0.5) is 10.1 Å². The second kappa shape index (κ2) is 8.83. The lowest BCUT2D eigenvalue weighted by Crippen LogP contribution is -2.18. The molecule has 0 bridgehead atoms. The van der Waals surface area contributed by atoms with Crippen molar-refractivity contribution in [3.05, 3.63) is 101 Å². The van der Waals surface area contributed by atoms with E-state index in [0.29, 0.717) is 34.6 Å². The molecule has 3 aromatic carbocycles. The molecule has 33 heavy (non-hydrogen) atoms. The lowest BCUT2D eigenvalue weighted by atomic mass is 10.1. The summed E-state index contributed by atoms with van der Waals surface area (Å²) in [6, 6.07) is 19.1. The van der Waals surface area contributed by atoms with Crippen LogP contribution in [0, 0.1) is 5.82 Å². The van der Waals surface area contributed by atoms with Crippen molar-refractivity contribution >= 4 is 34.2 Å². The summed E-state index contributed by atoms with van der Waals surface area (Å²) >= 11 is 0. The number of hydrogen-bond donors (Lipinski definition) is 4. The SMILES string of the molecule is NC(=O)c1ccc(Cn2c(C(=O)Nc3ccc(F)cc3)cc3ccc(C(N)=NO)cc32)cc1. The highest BCUT2D eigenvalue weighted by Gasteiger charge is 2.17. The van der Waals surface area contributed by atoms with E-state index in [1.807, 2.05) is 0 Å². The largest absolute Gasteiger partial charge is 0.409 e. The van der Waals surface area contributed by atoms with Gasteiger partial charge in [0.1, 0.15) is 11.5 Å². The fourth-order valence-electron chi connectivity index (χ4n) is 3.52. The Morgan fingerprint density at radius 1 is 0.939 bits per heavy atom. The zero-order valence-electron chi connectivity index (χ0n) is 17.3. The minimum Gasteiger partial charge on any atom is -0.409 e. The van der Waals surface area contributed by atoms with E-state index in [1.54, 1.807) is 53.1 Å². The summed E-state index contributed by atoms with van der Waals surface area (Å²) < 4.78 is 15.0. The molecular weight excluding hydrogens is 425 g/mol. The van der Waals surface area contributed by atoms with Crippen LogP contribution in [-0.4, -0.2) is 27.4 Å². The number of halogens is 1. The molecule has 1 heterocycles. The Morgan fingerprint density at radius 2 is 1.61 bits per heavy atom. The summed E-state index contributed by atoms with van der Waals surface area (Å²) in [6.45, 7) is 0.300. The Balaban J connectivity index is 1.78. The Hall–Kier alpha value is -4.66. The number of oxime groups is 1. The number of amidine groups is 1. The lowest BCUT2D eigenvalue weighted by molar-refractivity contribution is 0.0997. The zero-order chi connectivity index (χ0) is 23.5. The van der Waals surface area contributed by atoms with Crippen LogP contribution in [0.5, 0.6) is 0 Å². The van der Waals surface area contributed by atoms with Gasteiger partial charge in [-0.2, -0.15) is 0 Å². The number of amides is 2. The second-order valence-electron chi connectivity index (χ2n) is 7.40. The number of nitrogens with two attached hydrogens (primary N) is 2. The summed E-state index contributed by atoms with van der Waals surface area (Å²) in [5, 5.41) is 15.6. The number of benzene rings is 3. The van der Waals surface area contributed by atoms with Crippen LogP contribution in [-0.2, 0) is 6.54 Å². The average Bonchev–Trinajstić information content (AvgIpc) is 3.18. The number of carbonyl (C=O) groups excluding carboxylic acids is 2.